The van der Waals surface area contributed by atoms with Gasteiger partial charge in [0, 0.05) is 18.0 Å². The Labute approximate surface area is 123 Å². The van der Waals surface area contributed by atoms with Crippen LogP contribution in [0.25, 0.3) is 0 Å². The molecule has 0 radical (unpaired) electrons. The standard InChI is InChI=1S/C16H21F2NO2/c1-2-11-7-8-19-13(9-11)10-15(20)12-3-5-14(6-4-12)21-16(17)18/h3-6,11,13,16,19H,2,7-10H2,1H3. The Bertz CT molecular complexity index is 462. The topological polar surface area (TPSA) is 38.3 Å². The van der Waals surface area contributed by atoms with Gasteiger partial charge in [-0.25, -0.2) is 0 Å². The SMILES string of the molecule is CCC1CCNC(CC(=O)c2ccc(OC(F)F)cc2)C1. The summed E-state index contributed by atoms with van der Waals surface area (Å²) in [7, 11) is 0. The van der Waals surface area contributed by atoms with Gasteiger partial charge in [0.1, 0.15) is 5.75 Å². The average molecular weight is 297 g/mol. The first-order valence-electron chi connectivity index (χ1n) is 7.40. The van der Waals surface area contributed by atoms with Crippen LogP contribution in [-0.2, 0) is 0 Å². The van der Waals surface area contributed by atoms with Crippen LogP contribution in [0.15, 0.2) is 24.3 Å². The third-order valence-corrected chi connectivity index (χ3v) is 4.01. The fourth-order valence-corrected chi connectivity index (χ4v) is 2.79. The maximum atomic E-state index is 12.2. The fraction of sp³-hybridized carbons (Fsp3) is 0.562. The van der Waals surface area contributed by atoms with Crippen LogP contribution >= 0.6 is 0 Å². The minimum absolute atomic E-state index is 0.0350. The van der Waals surface area contributed by atoms with Gasteiger partial charge in [-0.05, 0) is 49.6 Å². The molecule has 0 saturated carbocycles. The van der Waals surface area contributed by atoms with Gasteiger partial charge in [-0.15, -0.1) is 0 Å². The molecule has 1 saturated heterocycles. The molecule has 1 aliphatic rings. The number of carbonyl (C=O) groups is 1. The number of hydrogen-bond acceptors (Lipinski definition) is 3. The second-order valence-electron chi connectivity index (χ2n) is 5.48. The Morgan fingerprint density at radius 1 is 1.38 bits per heavy atom. The van der Waals surface area contributed by atoms with E-state index in [0.29, 0.717) is 17.9 Å². The molecule has 1 aromatic rings. The Balaban J connectivity index is 1.90. The first kappa shape index (κ1) is 15.9. The van der Waals surface area contributed by atoms with Gasteiger partial charge in [0.2, 0.25) is 0 Å². The van der Waals surface area contributed by atoms with Crippen LogP contribution in [0.4, 0.5) is 8.78 Å². The lowest BCUT2D eigenvalue weighted by atomic mass is 9.87. The third kappa shape index (κ3) is 4.77. The Kier molecular flexibility index (Phi) is 5.67. The van der Waals surface area contributed by atoms with Crippen molar-refractivity contribution in [2.75, 3.05) is 6.54 Å². The van der Waals surface area contributed by atoms with Crippen LogP contribution in [0, 0.1) is 5.92 Å². The van der Waals surface area contributed by atoms with Crippen molar-refractivity contribution < 1.29 is 18.3 Å². The van der Waals surface area contributed by atoms with E-state index in [1.165, 1.54) is 18.6 Å². The van der Waals surface area contributed by atoms with E-state index < -0.39 is 6.61 Å². The molecule has 2 rings (SSSR count). The molecular weight excluding hydrogens is 276 g/mol. The van der Waals surface area contributed by atoms with Crippen LogP contribution < -0.4 is 10.1 Å². The van der Waals surface area contributed by atoms with Crippen LogP contribution in [0.5, 0.6) is 5.75 Å². The molecule has 2 unspecified atom stereocenters. The van der Waals surface area contributed by atoms with Gasteiger partial charge in [-0.2, -0.15) is 8.78 Å². The van der Waals surface area contributed by atoms with Crippen molar-refractivity contribution in [3.63, 3.8) is 0 Å². The van der Waals surface area contributed by atoms with E-state index in [2.05, 4.69) is 17.0 Å². The summed E-state index contributed by atoms with van der Waals surface area (Å²) < 4.78 is 28.4. The lowest BCUT2D eigenvalue weighted by Crippen LogP contribution is -2.39. The quantitative estimate of drug-likeness (QED) is 0.815. The minimum atomic E-state index is -2.84. The highest BCUT2D eigenvalue weighted by Crippen LogP contribution is 2.22. The summed E-state index contributed by atoms with van der Waals surface area (Å²) in [5, 5.41) is 3.38. The lowest BCUT2D eigenvalue weighted by Gasteiger charge is -2.29. The number of nitrogens with one attached hydrogen (secondary N) is 1. The molecule has 3 nitrogen and oxygen atoms in total. The smallest absolute Gasteiger partial charge is 0.387 e. The van der Waals surface area contributed by atoms with E-state index in [4.69, 9.17) is 0 Å². The van der Waals surface area contributed by atoms with Crippen molar-refractivity contribution in [1.82, 2.24) is 5.32 Å². The Hall–Kier alpha value is -1.49. The predicted octanol–water partition coefficient (Wildman–Crippen LogP) is 3.64. The zero-order chi connectivity index (χ0) is 15.2. The zero-order valence-electron chi connectivity index (χ0n) is 12.1. The first-order valence-corrected chi connectivity index (χ1v) is 7.40. The number of ketones is 1. The second kappa shape index (κ2) is 7.50. The van der Waals surface area contributed by atoms with Gasteiger partial charge in [-0.1, -0.05) is 13.3 Å². The molecule has 1 aliphatic heterocycles. The maximum Gasteiger partial charge on any atom is 0.387 e. The summed E-state index contributed by atoms with van der Waals surface area (Å²) in [5.74, 6) is 0.794. The van der Waals surface area contributed by atoms with Gasteiger partial charge in [0.05, 0.1) is 0 Å². The highest BCUT2D eigenvalue weighted by molar-refractivity contribution is 5.96. The Morgan fingerprint density at radius 3 is 2.71 bits per heavy atom. The van der Waals surface area contributed by atoms with Crippen molar-refractivity contribution in [2.45, 2.75) is 45.3 Å². The van der Waals surface area contributed by atoms with Gasteiger partial charge in [0.25, 0.3) is 0 Å². The fourth-order valence-electron chi connectivity index (χ4n) is 2.79. The van der Waals surface area contributed by atoms with Gasteiger partial charge < -0.3 is 10.1 Å². The highest BCUT2D eigenvalue weighted by atomic mass is 19.3. The summed E-state index contributed by atoms with van der Waals surface area (Å²) >= 11 is 0. The predicted molar refractivity (Wildman–Crippen MR) is 76.8 cm³/mol. The monoisotopic (exact) mass is 297 g/mol. The van der Waals surface area contributed by atoms with E-state index in [-0.39, 0.29) is 17.6 Å². The number of ether oxygens (including phenoxy) is 1. The van der Waals surface area contributed by atoms with Crippen LogP contribution in [0.3, 0.4) is 0 Å². The van der Waals surface area contributed by atoms with Gasteiger partial charge in [0.15, 0.2) is 5.78 Å². The van der Waals surface area contributed by atoms with E-state index in [1.54, 1.807) is 12.1 Å². The number of hydrogen-bond donors (Lipinski definition) is 1. The second-order valence-corrected chi connectivity index (χ2v) is 5.48. The van der Waals surface area contributed by atoms with Crippen molar-refractivity contribution in [2.24, 2.45) is 5.92 Å². The summed E-state index contributed by atoms with van der Waals surface area (Å²) in [6.45, 7) is 0.290. The molecule has 116 valence electrons. The molecule has 1 aromatic carbocycles. The molecule has 1 heterocycles. The van der Waals surface area contributed by atoms with E-state index in [0.717, 1.165) is 19.4 Å². The summed E-state index contributed by atoms with van der Waals surface area (Å²) in [6, 6.07) is 6.11. The summed E-state index contributed by atoms with van der Waals surface area (Å²) in [6.07, 6.45) is 3.78. The van der Waals surface area contributed by atoms with Gasteiger partial charge in [-0.3, -0.25) is 4.79 Å². The summed E-state index contributed by atoms with van der Waals surface area (Å²) in [4.78, 5) is 12.2. The molecule has 1 fully saturated rings. The molecule has 0 amide bonds. The van der Waals surface area contributed by atoms with Gasteiger partial charge >= 0.3 is 6.61 Å². The maximum absolute atomic E-state index is 12.2. The lowest BCUT2D eigenvalue weighted by molar-refractivity contribution is -0.0498. The number of alkyl halides is 2. The third-order valence-electron chi connectivity index (χ3n) is 4.01. The van der Waals surface area contributed by atoms with Crippen LogP contribution in [0.1, 0.15) is 43.0 Å². The van der Waals surface area contributed by atoms with Crippen LogP contribution in [0.2, 0.25) is 0 Å². The molecule has 5 heteroatoms. The molecule has 0 spiro atoms. The van der Waals surface area contributed by atoms with E-state index in [9.17, 15) is 13.6 Å². The van der Waals surface area contributed by atoms with Crippen molar-refractivity contribution in [1.29, 1.82) is 0 Å². The molecule has 21 heavy (non-hydrogen) atoms. The Morgan fingerprint density at radius 2 is 2.10 bits per heavy atom. The number of carbonyl (C=O) groups excluding carboxylic acids is 1. The van der Waals surface area contributed by atoms with E-state index in [1.807, 2.05) is 0 Å². The number of piperidine rings is 1. The molecule has 0 aliphatic carbocycles. The molecular formula is C16H21F2NO2. The zero-order valence-corrected chi connectivity index (χ0v) is 12.1. The molecule has 0 aromatic heterocycles. The number of benzene rings is 1. The average Bonchev–Trinajstić information content (AvgIpc) is 2.47. The normalized spacial score (nSPS) is 22.3. The summed E-state index contributed by atoms with van der Waals surface area (Å²) in [5.41, 5.74) is 0.539. The largest absolute Gasteiger partial charge is 0.435 e. The number of Topliss-reactive ketones (excluding diaryl/α,β-unsaturated/α-hetero) is 1. The first-order chi connectivity index (χ1) is 10.1. The number of rotatable bonds is 6. The van der Waals surface area contributed by atoms with Crippen molar-refractivity contribution >= 4 is 5.78 Å². The van der Waals surface area contributed by atoms with Crippen molar-refractivity contribution in [3.8, 4) is 5.75 Å². The van der Waals surface area contributed by atoms with Crippen molar-refractivity contribution in [3.05, 3.63) is 29.8 Å². The highest BCUT2D eigenvalue weighted by Gasteiger charge is 2.22. The molecule has 1 N–H and O–H groups in total. The minimum Gasteiger partial charge on any atom is -0.435 e. The van der Waals surface area contributed by atoms with E-state index >= 15 is 0 Å². The molecule has 0 bridgehead atoms. The molecule has 2 atom stereocenters. The van der Waals surface area contributed by atoms with Crippen LogP contribution in [-0.4, -0.2) is 25.0 Å². The number of halogens is 2.